The van der Waals surface area contributed by atoms with Crippen LogP contribution in [0.3, 0.4) is 0 Å². The van der Waals surface area contributed by atoms with E-state index in [1.54, 1.807) is 35.9 Å². The lowest BCUT2D eigenvalue weighted by atomic mass is 9.80. The van der Waals surface area contributed by atoms with Crippen LogP contribution in [0.2, 0.25) is 0 Å². The van der Waals surface area contributed by atoms with Gasteiger partial charge in [0.25, 0.3) is 0 Å². The van der Waals surface area contributed by atoms with E-state index in [9.17, 15) is 14.4 Å². The number of anilines is 1. The van der Waals surface area contributed by atoms with Crippen LogP contribution in [0.25, 0.3) is 5.69 Å². The van der Waals surface area contributed by atoms with Crippen molar-refractivity contribution in [3.8, 4) is 5.69 Å². The molecule has 1 aliphatic carbocycles. The van der Waals surface area contributed by atoms with Gasteiger partial charge in [-0.15, -0.1) is 0 Å². The molecule has 11 heteroatoms. The molecule has 1 aromatic heterocycles. The zero-order valence-electron chi connectivity index (χ0n) is 24.2. The Morgan fingerprint density at radius 2 is 1.73 bits per heavy atom. The van der Waals surface area contributed by atoms with Crippen molar-refractivity contribution in [2.75, 3.05) is 44.6 Å². The molecule has 0 radical (unpaired) electrons. The first kappa shape index (κ1) is 29.7. The zero-order valence-corrected chi connectivity index (χ0v) is 24.2. The van der Waals surface area contributed by atoms with Crippen molar-refractivity contribution in [2.24, 2.45) is 17.4 Å². The molecule has 2 heterocycles. The Bertz CT molecular complexity index is 1230. The van der Waals surface area contributed by atoms with Crippen LogP contribution in [0.5, 0.6) is 0 Å². The number of carbonyl (C=O) groups is 2. The highest BCUT2D eigenvalue weighted by Crippen LogP contribution is 2.27. The maximum atomic E-state index is 12.8. The van der Waals surface area contributed by atoms with E-state index < -0.39 is 11.2 Å². The van der Waals surface area contributed by atoms with Gasteiger partial charge in [-0.05, 0) is 76.3 Å². The summed E-state index contributed by atoms with van der Waals surface area (Å²) < 4.78 is 1.46. The molecule has 3 amide bonds. The zero-order chi connectivity index (χ0) is 29.0. The van der Waals surface area contributed by atoms with Crippen LogP contribution >= 0.6 is 0 Å². The molecule has 1 saturated carbocycles. The number of benzene rings is 1. The second-order valence-electron chi connectivity index (χ2n) is 11.8. The number of aromatic nitrogens is 2. The van der Waals surface area contributed by atoms with Crippen LogP contribution in [0.1, 0.15) is 46.1 Å². The quantitative estimate of drug-likeness (QED) is 0.429. The Balaban J connectivity index is 1.31. The Hall–Kier alpha value is -3.28. The van der Waals surface area contributed by atoms with E-state index in [2.05, 4.69) is 41.2 Å². The topological polar surface area (TPSA) is 143 Å². The molecule has 4 rings (SSSR count). The van der Waals surface area contributed by atoms with Gasteiger partial charge >= 0.3 is 11.7 Å². The van der Waals surface area contributed by atoms with Crippen LogP contribution < -0.4 is 22.5 Å². The van der Waals surface area contributed by atoms with Gasteiger partial charge in [0.05, 0.1) is 11.2 Å². The number of nitrogens with two attached hydrogens (primary N) is 2. The molecule has 1 atom stereocenters. The maximum absolute atomic E-state index is 12.8. The predicted octanol–water partition coefficient (Wildman–Crippen LogP) is 1.64. The minimum absolute atomic E-state index is 0.141. The Morgan fingerprint density at radius 1 is 1.10 bits per heavy atom. The van der Waals surface area contributed by atoms with Gasteiger partial charge < -0.3 is 26.2 Å². The van der Waals surface area contributed by atoms with Gasteiger partial charge in [-0.1, -0.05) is 19.1 Å². The van der Waals surface area contributed by atoms with Crippen molar-refractivity contribution in [3.05, 3.63) is 52.6 Å². The predicted molar refractivity (Wildman–Crippen MR) is 156 cm³/mol. The highest BCUT2D eigenvalue weighted by molar-refractivity contribution is 5.89. The number of amides is 3. The molecule has 5 N–H and O–H groups in total. The molecule has 1 aliphatic heterocycles. The third-order valence-electron chi connectivity index (χ3n) is 7.98. The van der Waals surface area contributed by atoms with Gasteiger partial charge in [0, 0.05) is 51.0 Å². The molecule has 40 heavy (non-hydrogen) atoms. The van der Waals surface area contributed by atoms with Crippen molar-refractivity contribution in [1.29, 1.82) is 0 Å². The fourth-order valence-corrected chi connectivity index (χ4v) is 5.53. The van der Waals surface area contributed by atoms with E-state index >= 15 is 0 Å². The third kappa shape index (κ3) is 7.26. The van der Waals surface area contributed by atoms with Crippen LogP contribution in [0, 0.1) is 5.92 Å². The summed E-state index contributed by atoms with van der Waals surface area (Å²) in [6.45, 7) is 11.5. The molecule has 1 saturated heterocycles. The number of carbonyl (C=O) groups excluding carboxylic acids is 2. The summed E-state index contributed by atoms with van der Waals surface area (Å²) in [6, 6.07) is 9.99. The van der Waals surface area contributed by atoms with Crippen LogP contribution in [0.4, 0.5) is 10.6 Å². The van der Waals surface area contributed by atoms with Crippen molar-refractivity contribution < 1.29 is 9.59 Å². The minimum atomic E-state index is -0.947. The first-order valence-corrected chi connectivity index (χ1v) is 14.3. The minimum Gasteiger partial charge on any atom is -0.338 e. The maximum Gasteiger partial charge on any atom is 0.354 e. The average molecular weight is 553 g/mol. The van der Waals surface area contributed by atoms with Gasteiger partial charge in [0.15, 0.2) is 0 Å². The molecule has 0 spiro atoms. The third-order valence-corrected chi connectivity index (χ3v) is 7.98. The summed E-state index contributed by atoms with van der Waals surface area (Å²) in [7, 11) is 0. The average Bonchev–Trinajstić information content (AvgIpc) is 2.90. The summed E-state index contributed by atoms with van der Waals surface area (Å²) >= 11 is 0. The Morgan fingerprint density at radius 3 is 2.27 bits per heavy atom. The van der Waals surface area contributed by atoms with E-state index in [1.165, 1.54) is 10.1 Å². The van der Waals surface area contributed by atoms with Gasteiger partial charge in [0.2, 0.25) is 5.91 Å². The van der Waals surface area contributed by atoms with Gasteiger partial charge in [-0.3, -0.25) is 14.7 Å². The number of nitrogens with one attached hydrogen (secondary N) is 1. The molecule has 11 nitrogen and oxygen atoms in total. The Labute approximate surface area is 236 Å². The highest BCUT2D eigenvalue weighted by Gasteiger charge is 2.31. The second kappa shape index (κ2) is 12.5. The molecule has 1 aromatic carbocycles. The number of rotatable bonds is 9. The molecule has 1 unspecified atom stereocenters. The summed E-state index contributed by atoms with van der Waals surface area (Å²) in [5, 5.41) is 2.70. The van der Waals surface area contributed by atoms with E-state index in [1.807, 2.05) is 12.1 Å². The molecule has 218 valence electrons. The monoisotopic (exact) mass is 552 g/mol. The summed E-state index contributed by atoms with van der Waals surface area (Å²) in [4.78, 5) is 47.7. The molecule has 2 aromatic rings. The number of piperazine rings is 1. The lowest BCUT2D eigenvalue weighted by molar-refractivity contribution is -0.137. The van der Waals surface area contributed by atoms with Crippen LogP contribution in [0.15, 0.2) is 41.3 Å². The van der Waals surface area contributed by atoms with Gasteiger partial charge in [-0.25, -0.2) is 9.59 Å². The van der Waals surface area contributed by atoms with E-state index in [-0.39, 0.29) is 17.8 Å². The van der Waals surface area contributed by atoms with Crippen molar-refractivity contribution in [1.82, 2.24) is 24.3 Å². The number of likely N-dealkylation sites (N-methyl/N-ethyl adjacent to an activating group) is 1. The normalized spacial score (nSPS) is 20.3. The number of nitrogens with zero attached hydrogens (tertiary/aromatic N) is 5. The van der Waals surface area contributed by atoms with Gasteiger partial charge in [0.1, 0.15) is 5.82 Å². The van der Waals surface area contributed by atoms with Crippen LogP contribution in [-0.2, 0) is 11.2 Å². The first-order chi connectivity index (χ1) is 18.9. The van der Waals surface area contributed by atoms with Gasteiger partial charge in [-0.2, -0.15) is 4.98 Å². The molecular formula is C29H44N8O3. The summed E-state index contributed by atoms with van der Waals surface area (Å²) in [5.74, 6) is 0.750. The largest absolute Gasteiger partial charge is 0.354 e. The lowest BCUT2D eigenvalue weighted by Crippen LogP contribution is -2.58. The number of hydrogen-bond donors (Lipinski definition) is 3. The second-order valence-corrected chi connectivity index (χ2v) is 11.8. The fourth-order valence-electron chi connectivity index (χ4n) is 5.53. The van der Waals surface area contributed by atoms with E-state index in [0.717, 1.165) is 32.4 Å². The highest BCUT2D eigenvalue weighted by atomic mass is 16.2. The van der Waals surface area contributed by atoms with Crippen molar-refractivity contribution in [3.63, 3.8) is 0 Å². The number of urea groups is 1. The number of hydrogen-bond acceptors (Lipinski definition) is 7. The van der Waals surface area contributed by atoms with E-state index in [4.69, 9.17) is 11.5 Å². The van der Waals surface area contributed by atoms with E-state index in [0.29, 0.717) is 49.9 Å². The first-order valence-electron chi connectivity index (χ1n) is 14.3. The molecule has 0 bridgehead atoms. The molecular weight excluding hydrogens is 508 g/mol. The standard InChI is InChI=1S/C29H44N8O3/c1-5-34(19-22-17-23(30)18-22)20(2)16-21-6-8-24(9-7-21)37-11-10-25(33-28(37)40)32-27(39)36-14-12-35(13-15-36)26(38)29(3,4)31/h6-11,20,22-23H,5,12-19,30-31H2,1-4H3,(H,32,33,39,40)/t20?,22-,23-. The van der Waals surface area contributed by atoms with Crippen molar-refractivity contribution in [2.45, 2.75) is 64.6 Å². The van der Waals surface area contributed by atoms with Crippen molar-refractivity contribution >= 4 is 17.8 Å². The molecule has 2 aliphatic rings. The fraction of sp³-hybridized carbons (Fsp3) is 0.586. The summed E-state index contributed by atoms with van der Waals surface area (Å²) in [6.07, 6.45) is 4.79. The SMILES string of the molecule is CCN(C[C@H]1C[C@H](N)C1)C(C)Cc1ccc(-n2ccc(NC(=O)N3CCN(C(=O)C(C)(C)N)CC3)nc2=O)cc1. The van der Waals surface area contributed by atoms with Crippen LogP contribution in [-0.4, -0.2) is 93.1 Å². The molecule has 2 fully saturated rings. The Kier molecular flexibility index (Phi) is 9.27. The summed E-state index contributed by atoms with van der Waals surface area (Å²) in [5.41, 5.74) is 12.4. The smallest absolute Gasteiger partial charge is 0.338 e. The lowest BCUT2D eigenvalue weighted by Gasteiger charge is -2.38.